The molecule has 0 radical (unpaired) electrons. The van der Waals surface area contributed by atoms with Crippen molar-refractivity contribution >= 4 is 22.5 Å². The van der Waals surface area contributed by atoms with Crippen LogP contribution in [0, 0.1) is 5.82 Å². The molecule has 1 aromatic heterocycles. The number of ether oxygens (including phenoxy) is 1. The number of halogens is 1. The molecule has 1 amide bonds. The number of amides is 1. The molecule has 2 aromatic carbocycles. The van der Waals surface area contributed by atoms with Gasteiger partial charge in [-0.15, -0.1) is 0 Å². The first kappa shape index (κ1) is 25.6. The summed E-state index contributed by atoms with van der Waals surface area (Å²) in [7, 11) is 1.38. The molecule has 0 spiro atoms. The first-order chi connectivity index (χ1) is 17.3. The summed E-state index contributed by atoms with van der Waals surface area (Å²) < 4.78 is 20.6. The Bertz CT molecular complexity index is 1310. The van der Waals surface area contributed by atoms with E-state index in [1.54, 1.807) is 0 Å². The Hall–Kier alpha value is -3.46. The second-order valence-electron chi connectivity index (χ2n) is 9.37. The molecule has 0 unspecified atom stereocenters. The zero-order valence-corrected chi connectivity index (χ0v) is 21.4. The number of nitrogens with one attached hydrogen (secondary N) is 1. The number of methoxy groups -OCH3 is 1. The van der Waals surface area contributed by atoms with Gasteiger partial charge in [-0.1, -0.05) is 6.92 Å². The Kier molecular flexibility index (Phi) is 7.88. The van der Waals surface area contributed by atoms with E-state index in [1.165, 1.54) is 29.9 Å². The van der Waals surface area contributed by atoms with Crippen LogP contribution in [0.3, 0.4) is 0 Å². The van der Waals surface area contributed by atoms with Crippen LogP contribution in [0.5, 0.6) is 5.75 Å². The average Bonchev–Trinajstić information content (AvgIpc) is 3.11. The molecule has 3 aromatic rings. The number of rotatable bonds is 7. The lowest BCUT2D eigenvalue weighted by Gasteiger charge is -2.24. The third-order valence-corrected chi connectivity index (χ3v) is 6.50. The Morgan fingerprint density at radius 3 is 2.67 bits per heavy atom. The van der Waals surface area contributed by atoms with Gasteiger partial charge in [0.2, 0.25) is 5.91 Å². The van der Waals surface area contributed by atoms with Gasteiger partial charge in [0.25, 0.3) is 5.56 Å². The number of hydrogen-bond acceptors (Lipinski definition) is 6. The maximum Gasteiger partial charge on any atom is 0.262 e. The molecule has 0 bridgehead atoms. The highest BCUT2D eigenvalue weighted by molar-refractivity contribution is 5.84. The van der Waals surface area contributed by atoms with Gasteiger partial charge in [0.1, 0.15) is 12.4 Å². The fraction of sp³-hybridized carbons (Fsp3) is 0.444. The summed E-state index contributed by atoms with van der Waals surface area (Å²) in [5, 5.41) is 3.28. The van der Waals surface area contributed by atoms with Gasteiger partial charge >= 0.3 is 0 Å². The Morgan fingerprint density at radius 2 is 1.94 bits per heavy atom. The van der Waals surface area contributed by atoms with Gasteiger partial charge in [-0.25, -0.2) is 9.37 Å². The summed E-state index contributed by atoms with van der Waals surface area (Å²) >= 11 is 0. The Labute approximate surface area is 210 Å². The van der Waals surface area contributed by atoms with Crippen LogP contribution >= 0.6 is 0 Å². The Morgan fingerprint density at radius 1 is 1.14 bits per heavy atom. The fourth-order valence-corrected chi connectivity index (χ4v) is 4.63. The fourth-order valence-electron chi connectivity index (χ4n) is 4.63. The molecule has 0 aliphatic carbocycles. The number of carbonyl (C=O) groups excluding carboxylic acids is 1. The van der Waals surface area contributed by atoms with E-state index in [0.29, 0.717) is 16.5 Å². The van der Waals surface area contributed by atoms with Crippen LogP contribution in [-0.4, -0.2) is 66.2 Å². The molecule has 36 heavy (non-hydrogen) atoms. The molecular formula is C27H34FN5O3. The number of anilines is 1. The van der Waals surface area contributed by atoms with Gasteiger partial charge in [-0.2, -0.15) is 0 Å². The number of carbonyl (C=O) groups is 1. The van der Waals surface area contributed by atoms with Crippen LogP contribution < -0.4 is 20.5 Å². The van der Waals surface area contributed by atoms with Crippen molar-refractivity contribution in [2.24, 2.45) is 0 Å². The normalized spacial score (nSPS) is 14.8. The Balaban J connectivity index is 1.81. The summed E-state index contributed by atoms with van der Waals surface area (Å²) in [6, 6.07) is 9.92. The second-order valence-corrected chi connectivity index (χ2v) is 9.37. The van der Waals surface area contributed by atoms with Crippen molar-refractivity contribution in [3.63, 3.8) is 0 Å². The van der Waals surface area contributed by atoms with E-state index >= 15 is 0 Å². The summed E-state index contributed by atoms with van der Waals surface area (Å²) in [6.45, 7) is 10.5. The first-order valence-corrected chi connectivity index (χ1v) is 12.5. The van der Waals surface area contributed by atoms with E-state index in [0.717, 1.165) is 44.8 Å². The smallest absolute Gasteiger partial charge is 0.262 e. The maximum absolute atomic E-state index is 14.1. The quantitative estimate of drug-likeness (QED) is 0.542. The SMILES string of the molecule is CCN1CCCN(c2ccc3nc(-c4ccc(F)c(OC)c4)n(CC(=O)NC(C)C)c(=O)c3c2)CC1. The highest BCUT2D eigenvalue weighted by Gasteiger charge is 2.20. The molecular weight excluding hydrogens is 461 g/mol. The number of nitrogens with zero attached hydrogens (tertiary/aromatic N) is 4. The zero-order valence-electron chi connectivity index (χ0n) is 21.4. The minimum absolute atomic E-state index is 0.0395. The van der Waals surface area contributed by atoms with E-state index in [9.17, 15) is 14.0 Å². The van der Waals surface area contributed by atoms with Crippen molar-refractivity contribution in [1.29, 1.82) is 0 Å². The van der Waals surface area contributed by atoms with Gasteiger partial charge in [-0.05, 0) is 69.8 Å². The van der Waals surface area contributed by atoms with Crippen molar-refractivity contribution < 1.29 is 13.9 Å². The lowest BCUT2D eigenvalue weighted by molar-refractivity contribution is -0.122. The van der Waals surface area contributed by atoms with Crippen LogP contribution in [0.2, 0.25) is 0 Å². The summed E-state index contributed by atoms with van der Waals surface area (Å²) in [6.07, 6.45) is 1.05. The highest BCUT2D eigenvalue weighted by atomic mass is 19.1. The van der Waals surface area contributed by atoms with Crippen LogP contribution in [0.25, 0.3) is 22.3 Å². The van der Waals surface area contributed by atoms with E-state index in [2.05, 4.69) is 22.0 Å². The molecule has 0 atom stereocenters. The van der Waals surface area contributed by atoms with Gasteiger partial charge in [0.15, 0.2) is 11.6 Å². The molecule has 8 nitrogen and oxygen atoms in total. The number of benzene rings is 2. The van der Waals surface area contributed by atoms with E-state index in [-0.39, 0.29) is 35.6 Å². The van der Waals surface area contributed by atoms with Crippen molar-refractivity contribution in [2.45, 2.75) is 39.8 Å². The molecule has 1 aliphatic heterocycles. The molecule has 2 heterocycles. The summed E-state index contributed by atoms with van der Waals surface area (Å²) in [4.78, 5) is 35.9. The number of likely N-dealkylation sites (N-methyl/N-ethyl adjacent to an activating group) is 1. The molecule has 1 fully saturated rings. The summed E-state index contributed by atoms with van der Waals surface area (Å²) in [5.41, 5.74) is 1.66. The number of hydrogen-bond donors (Lipinski definition) is 1. The maximum atomic E-state index is 14.1. The third kappa shape index (κ3) is 5.51. The average molecular weight is 496 g/mol. The third-order valence-electron chi connectivity index (χ3n) is 6.50. The lowest BCUT2D eigenvalue weighted by Crippen LogP contribution is -2.37. The summed E-state index contributed by atoms with van der Waals surface area (Å²) in [5.74, 6) is -0.493. The van der Waals surface area contributed by atoms with Gasteiger partial charge in [0, 0.05) is 36.9 Å². The van der Waals surface area contributed by atoms with Crippen LogP contribution in [0.1, 0.15) is 27.2 Å². The lowest BCUT2D eigenvalue weighted by atomic mass is 10.1. The predicted molar refractivity (Wildman–Crippen MR) is 140 cm³/mol. The highest BCUT2D eigenvalue weighted by Crippen LogP contribution is 2.27. The van der Waals surface area contributed by atoms with Crippen molar-refractivity contribution in [1.82, 2.24) is 19.8 Å². The predicted octanol–water partition coefficient (Wildman–Crippen LogP) is 3.27. The molecule has 1 saturated heterocycles. The van der Waals surface area contributed by atoms with E-state index < -0.39 is 5.82 Å². The van der Waals surface area contributed by atoms with E-state index in [1.807, 2.05) is 32.0 Å². The van der Waals surface area contributed by atoms with Gasteiger partial charge in [0.05, 0.1) is 18.0 Å². The van der Waals surface area contributed by atoms with Crippen LogP contribution in [0.15, 0.2) is 41.2 Å². The molecule has 9 heteroatoms. The second kappa shape index (κ2) is 11.1. The number of aromatic nitrogens is 2. The zero-order chi connectivity index (χ0) is 25.8. The number of fused-ring (bicyclic) bond motifs is 1. The first-order valence-electron chi connectivity index (χ1n) is 12.5. The van der Waals surface area contributed by atoms with Gasteiger partial charge in [-0.3, -0.25) is 14.2 Å². The van der Waals surface area contributed by atoms with Gasteiger partial charge < -0.3 is 19.9 Å². The molecule has 0 saturated carbocycles. The van der Waals surface area contributed by atoms with Crippen molar-refractivity contribution in [2.75, 3.05) is 44.7 Å². The van der Waals surface area contributed by atoms with Crippen molar-refractivity contribution in [3.05, 3.63) is 52.6 Å². The topological polar surface area (TPSA) is 79.7 Å². The minimum atomic E-state index is -0.516. The van der Waals surface area contributed by atoms with Crippen molar-refractivity contribution in [3.8, 4) is 17.1 Å². The van der Waals surface area contributed by atoms with Crippen LogP contribution in [-0.2, 0) is 11.3 Å². The molecule has 192 valence electrons. The van der Waals surface area contributed by atoms with Crippen LogP contribution in [0.4, 0.5) is 10.1 Å². The molecule has 1 aliphatic rings. The standard InChI is InChI=1S/C27H34FN5O3/c1-5-31-11-6-12-32(14-13-31)20-8-10-23-21(16-20)27(35)33(17-25(34)29-18(2)3)26(30-23)19-7-9-22(28)24(15-19)36-4/h7-10,15-16,18H,5-6,11-14,17H2,1-4H3,(H,29,34). The largest absolute Gasteiger partial charge is 0.494 e. The van der Waals surface area contributed by atoms with E-state index in [4.69, 9.17) is 9.72 Å². The molecule has 1 N–H and O–H groups in total. The monoisotopic (exact) mass is 495 g/mol. The molecule has 4 rings (SSSR count). The minimum Gasteiger partial charge on any atom is -0.494 e.